The molecule has 364 valence electrons. The molecular weight excluding hydrogens is 799 g/mol. The lowest BCUT2D eigenvalue weighted by Gasteiger charge is -2.22. The van der Waals surface area contributed by atoms with Crippen LogP contribution < -0.4 is 4.72 Å². The number of esters is 2. The summed E-state index contributed by atoms with van der Waals surface area (Å²) in [5, 5.41) is 3.73. The van der Waals surface area contributed by atoms with Gasteiger partial charge in [0.05, 0.1) is 5.69 Å². The number of hydrogen-bond donors (Lipinski definition) is 1. The standard InChI is InChI=1S/C51H97N3O7S/c1-5-9-12-15-20-27-35-48(8-4)60-50(55)38-30-23-18-25-32-42-54(44-34-41-52-62(57,58)46-47-40-45-59-53-47)43-33-26-19-24-31-39-51(56)61-49(36-28-21-16-13-10-6-2)37-29-22-17-14-11-7-3/h40,45,48-49,52H,5-39,41-44,46H2,1-4H3. The van der Waals surface area contributed by atoms with Crippen molar-refractivity contribution in [3.63, 3.8) is 0 Å². The molecule has 0 aliphatic heterocycles. The summed E-state index contributed by atoms with van der Waals surface area (Å²) in [6.07, 6.45) is 40.3. The number of carbonyl (C=O) groups is 2. The predicted molar refractivity (Wildman–Crippen MR) is 258 cm³/mol. The van der Waals surface area contributed by atoms with Gasteiger partial charge < -0.3 is 18.9 Å². The number of aromatic nitrogens is 1. The molecule has 0 saturated carbocycles. The molecule has 1 atom stereocenters. The molecule has 0 aliphatic carbocycles. The molecule has 1 N–H and O–H groups in total. The zero-order valence-corrected chi connectivity index (χ0v) is 41.6. The Morgan fingerprint density at radius 3 is 1.42 bits per heavy atom. The number of unbranched alkanes of at least 4 members (excludes halogenated alkanes) is 23. The van der Waals surface area contributed by atoms with Crippen molar-refractivity contribution in [1.82, 2.24) is 14.8 Å². The molecule has 1 heterocycles. The number of nitrogens with zero attached hydrogens (tertiary/aromatic N) is 2. The Morgan fingerprint density at radius 1 is 0.565 bits per heavy atom. The fourth-order valence-corrected chi connectivity index (χ4v) is 9.34. The molecule has 0 saturated heterocycles. The average molecular weight is 896 g/mol. The number of rotatable bonds is 47. The Kier molecular flexibility index (Phi) is 39.0. The topological polar surface area (TPSA) is 128 Å². The lowest BCUT2D eigenvalue weighted by molar-refractivity contribution is -0.150. The van der Waals surface area contributed by atoms with Crippen molar-refractivity contribution in [2.24, 2.45) is 0 Å². The van der Waals surface area contributed by atoms with Gasteiger partial charge >= 0.3 is 11.9 Å². The first kappa shape index (κ1) is 58.0. The van der Waals surface area contributed by atoms with E-state index in [0.717, 1.165) is 135 Å². The van der Waals surface area contributed by atoms with E-state index in [4.69, 9.17) is 14.0 Å². The Balaban J connectivity index is 2.42. The lowest BCUT2D eigenvalue weighted by atomic mass is 10.0. The van der Waals surface area contributed by atoms with Crippen molar-refractivity contribution < 1.29 is 32.0 Å². The second-order valence-electron chi connectivity index (χ2n) is 18.2. The highest BCUT2D eigenvalue weighted by Crippen LogP contribution is 2.19. The third kappa shape index (κ3) is 36.4. The summed E-state index contributed by atoms with van der Waals surface area (Å²) < 4.78 is 44.4. The molecule has 0 aromatic carbocycles. The molecule has 1 rings (SSSR count). The van der Waals surface area contributed by atoms with Crippen LogP contribution in [-0.2, 0) is 34.8 Å². The van der Waals surface area contributed by atoms with Gasteiger partial charge in [0.25, 0.3) is 0 Å². The highest BCUT2D eigenvalue weighted by Gasteiger charge is 2.16. The Labute approximate surface area is 382 Å². The minimum Gasteiger partial charge on any atom is -0.462 e. The van der Waals surface area contributed by atoms with Crippen LogP contribution in [0.25, 0.3) is 0 Å². The van der Waals surface area contributed by atoms with Gasteiger partial charge in [-0.1, -0.05) is 168 Å². The number of sulfonamides is 1. The molecule has 0 fully saturated rings. The van der Waals surface area contributed by atoms with Crippen molar-refractivity contribution in [3.05, 3.63) is 18.0 Å². The summed E-state index contributed by atoms with van der Waals surface area (Å²) in [7, 11) is -3.47. The van der Waals surface area contributed by atoms with E-state index in [2.05, 4.69) is 42.5 Å². The van der Waals surface area contributed by atoms with E-state index in [1.54, 1.807) is 6.07 Å². The van der Waals surface area contributed by atoms with E-state index in [0.29, 0.717) is 25.1 Å². The van der Waals surface area contributed by atoms with E-state index in [9.17, 15) is 18.0 Å². The zero-order valence-electron chi connectivity index (χ0n) is 40.8. The monoisotopic (exact) mass is 896 g/mol. The maximum Gasteiger partial charge on any atom is 0.306 e. The van der Waals surface area contributed by atoms with Gasteiger partial charge in [-0.2, -0.15) is 0 Å². The second-order valence-corrected chi connectivity index (χ2v) is 20.0. The zero-order chi connectivity index (χ0) is 45.2. The second kappa shape index (κ2) is 41.7. The van der Waals surface area contributed by atoms with Gasteiger partial charge in [-0.15, -0.1) is 0 Å². The molecule has 0 bridgehead atoms. The van der Waals surface area contributed by atoms with Gasteiger partial charge in [-0.25, -0.2) is 13.1 Å². The van der Waals surface area contributed by atoms with E-state index in [-0.39, 0.29) is 29.9 Å². The smallest absolute Gasteiger partial charge is 0.306 e. The van der Waals surface area contributed by atoms with Gasteiger partial charge in [0.1, 0.15) is 24.2 Å². The van der Waals surface area contributed by atoms with Gasteiger partial charge in [-0.3, -0.25) is 9.59 Å². The Morgan fingerprint density at radius 2 is 0.968 bits per heavy atom. The number of hydrogen-bond acceptors (Lipinski definition) is 9. The molecule has 11 heteroatoms. The van der Waals surface area contributed by atoms with Gasteiger partial charge in [0.2, 0.25) is 10.0 Å². The molecule has 0 radical (unpaired) electrons. The summed E-state index contributed by atoms with van der Waals surface area (Å²) in [5.74, 6) is -0.240. The maximum atomic E-state index is 12.9. The molecule has 1 aromatic rings. The predicted octanol–water partition coefficient (Wildman–Crippen LogP) is 14.0. The van der Waals surface area contributed by atoms with E-state index < -0.39 is 10.0 Å². The summed E-state index contributed by atoms with van der Waals surface area (Å²) in [6.45, 7) is 12.0. The molecule has 62 heavy (non-hydrogen) atoms. The van der Waals surface area contributed by atoms with E-state index in [1.165, 1.54) is 103 Å². The van der Waals surface area contributed by atoms with Crippen LogP contribution in [0.5, 0.6) is 0 Å². The molecule has 0 aliphatic rings. The van der Waals surface area contributed by atoms with Crippen molar-refractivity contribution in [2.45, 2.75) is 270 Å². The largest absolute Gasteiger partial charge is 0.462 e. The fourth-order valence-electron chi connectivity index (χ4n) is 8.25. The first-order valence-electron chi connectivity index (χ1n) is 26.2. The minimum absolute atomic E-state index is 0.0151. The average Bonchev–Trinajstić information content (AvgIpc) is 3.76. The van der Waals surface area contributed by atoms with Crippen LogP contribution in [0, 0.1) is 0 Å². The SMILES string of the molecule is CCCCCCCCC(CC)OC(=O)CCCCCCCN(CCCCCCCC(=O)OC(CCCCCCCC)CCCCCCCC)CCCNS(=O)(=O)Cc1ccon1. The number of ether oxygens (including phenoxy) is 2. The highest BCUT2D eigenvalue weighted by molar-refractivity contribution is 7.88. The summed E-state index contributed by atoms with van der Waals surface area (Å²) in [5.41, 5.74) is 0.401. The first-order chi connectivity index (χ1) is 30.2. The summed E-state index contributed by atoms with van der Waals surface area (Å²) >= 11 is 0. The van der Waals surface area contributed by atoms with Crippen molar-refractivity contribution in [3.8, 4) is 0 Å². The number of nitrogens with one attached hydrogen (secondary N) is 1. The van der Waals surface area contributed by atoms with Crippen molar-refractivity contribution in [1.29, 1.82) is 0 Å². The molecule has 0 spiro atoms. The van der Waals surface area contributed by atoms with Gasteiger partial charge in [0.15, 0.2) is 0 Å². The highest BCUT2D eigenvalue weighted by atomic mass is 32.2. The number of carbonyl (C=O) groups excluding carboxylic acids is 2. The van der Waals surface area contributed by atoms with Gasteiger partial charge in [0, 0.05) is 25.5 Å². The maximum absolute atomic E-state index is 12.9. The molecule has 0 amide bonds. The third-order valence-electron chi connectivity index (χ3n) is 12.2. The first-order valence-corrected chi connectivity index (χ1v) is 27.9. The van der Waals surface area contributed by atoms with E-state index >= 15 is 0 Å². The Hall–Kier alpha value is -1.98. The van der Waals surface area contributed by atoms with Crippen LogP contribution in [-0.4, -0.2) is 68.8 Å². The van der Waals surface area contributed by atoms with Crippen LogP contribution in [0.1, 0.15) is 258 Å². The van der Waals surface area contributed by atoms with Crippen LogP contribution in [0.3, 0.4) is 0 Å². The lowest BCUT2D eigenvalue weighted by Crippen LogP contribution is -2.32. The molecule has 1 aromatic heterocycles. The normalized spacial score (nSPS) is 12.4. The molecular formula is C51H97N3O7S. The third-order valence-corrected chi connectivity index (χ3v) is 13.5. The van der Waals surface area contributed by atoms with Gasteiger partial charge in [-0.05, 0) is 96.7 Å². The van der Waals surface area contributed by atoms with Crippen LogP contribution in [0.2, 0.25) is 0 Å². The Bertz CT molecular complexity index is 1230. The summed E-state index contributed by atoms with van der Waals surface area (Å²) in [6, 6.07) is 1.57. The molecule has 1 unspecified atom stereocenters. The fraction of sp³-hybridized carbons (Fsp3) is 0.902. The van der Waals surface area contributed by atoms with E-state index in [1.807, 2.05) is 0 Å². The van der Waals surface area contributed by atoms with Crippen LogP contribution in [0.4, 0.5) is 0 Å². The minimum atomic E-state index is -3.47. The van der Waals surface area contributed by atoms with Crippen LogP contribution >= 0.6 is 0 Å². The quantitative estimate of drug-likeness (QED) is 0.0502. The van der Waals surface area contributed by atoms with Crippen molar-refractivity contribution >= 4 is 22.0 Å². The van der Waals surface area contributed by atoms with Crippen molar-refractivity contribution in [2.75, 3.05) is 26.2 Å². The summed E-state index contributed by atoms with van der Waals surface area (Å²) in [4.78, 5) is 27.9. The van der Waals surface area contributed by atoms with Crippen LogP contribution in [0.15, 0.2) is 16.9 Å². The molecule has 10 nitrogen and oxygen atoms in total.